The van der Waals surface area contributed by atoms with Gasteiger partial charge in [-0.2, -0.15) is 16.8 Å². The largest absolute Gasteiger partial charge is 0.506 e. The Morgan fingerprint density at radius 2 is 0.656 bits per heavy atom. The minimum atomic E-state index is -5.49. The number of aromatic hydroxyl groups is 6. The zero-order valence-electron chi connectivity index (χ0n) is 15.8. The van der Waals surface area contributed by atoms with Crippen molar-refractivity contribution in [1.82, 2.24) is 0 Å². The van der Waals surface area contributed by atoms with E-state index in [1.54, 1.807) is 0 Å². The van der Waals surface area contributed by atoms with Crippen molar-refractivity contribution in [2.24, 2.45) is 0 Å². The second-order valence-corrected chi connectivity index (χ2v) is 8.58. The number of rotatable bonds is 2. The van der Waals surface area contributed by atoms with E-state index in [1.807, 2.05) is 0 Å². The van der Waals surface area contributed by atoms with Crippen LogP contribution < -0.4 is 0 Å². The number of fused-ring (bicyclic) bond motifs is 2. The standard InChI is InChI=1S/C14H8O14S2.2Na/c15-5-1-3(9(19)13(29(23,24)25)11(21)7(1)17)6(16)2-4(5)10(20)14(30(26,27)28)12(22)8(2)18;;/h17-22H,(H,23,24,25)(H,26,27,28);;. The van der Waals surface area contributed by atoms with E-state index in [4.69, 9.17) is 9.11 Å². The number of carbonyl (C=O) groups excluding carboxylic acids is 2. The monoisotopic (exact) mass is 510 g/mol. The van der Waals surface area contributed by atoms with E-state index < -0.39 is 98.3 Å². The molecule has 32 heavy (non-hydrogen) atoms. The first-order valence-corrected chi connectivity index (χ1v) is 10.1. The van der Waals surface area contributed by atoms with Crippen LogP contribution >= 0.6 is 0 Å². The molecule has 2 aromatic carbocycles. The predicted octanol–water partition coefficient (Wildman–Crippen LogP) is -1.57. The quantitative estimate of drug-likeness (QED) is 0.0838. The Balaban J connectivity index is 0.00000256. The molecule has 1 aliphatic carbocycles. The van der Waals surface area contributed by atoms with Crippen LogP contribution in [0.5, 0.6) is 34.5 Å². The maximum Gasteiger partial charge on any atom is 0.302 e. The van der Waals surface area contributed by atoms with Crippen molar-refractivity contribution < 1.29 is 66.2 Å². The number of benzene rings is 2. The summed E-state index contributed by atoms with van der Waals surface area (Å²) in [5, 5.41) is 59.7. The summed E-state index contributed by atoms with van der Waals surface area (Å²) in [5.74, 6) is -13.8. The molecule has 0 saturated carbocycles. The number of ketones is 2. The van der Waals surface area contributed by atoms with Gasteiger partial charge in [-0.25, -0.2) is 0 Å². The molecular formula is C14H8Na2O14S2. The smallest absolute Gasteiger partial charge is 0.302 e. The van der Waals surface area contributed by atoms with Gasteiger partial charge in [-0.05, 0) is 0 Å². The number of carbonyl (C=O) groups is 2. The van der Waals surface area contributed by atoms with E-state index in [1.165, 1.54) is 0 Å². The minimum Gasteiger partial charge on any atom is -0.506 e. The van der Waals surface area contributed by atoms with Crippen molar-refractivity contribution in [3.63, 3.8) is 0 Å². The van der Waals surface area contributed by atoms with Crippen molar-refractivity contribution in [3.8, 4) is 34.5 Å². The van der Waals surface area contributed by atoms with Crippen LogP contribution in [0.3, 0.4) is 0 Å². The fourth-order valence-corrected chi connectivity index (χ4v) is 4.37. The van der Waals surface area contributed by atoms with Crippen molar-refractivity contribution >= 4 is 90.9 Å². The predicted molar refractivity (Wildman–Crippen MR) is 101 cm³/mol. The first kappa shape index (κ1) is 28.4. The maximum atomic E-state index is 12.7. The molecule has 0 saturated heterocycles. The maximum absolute atomic E-state index is 12.7. The van der Waals surface area contributed by atoms with E-state index in [0.29, 0.717) is 0 Å². The van der Waals surface area contributed by atoms with Crippen LogP contribution in [0.15, 0.2) is 9.79 Å². The molecule has 0 unspecified atom stereocenters. The molecule has 1 aliphatic rings. The molecule has 18 heteroatoms. The van der Waals surface area contributed by atoms with Crippen LogP contribution in [0.2, 0.25) is 0 Å². The van der Waals surface area contributed by atoms with Crippen LogP contribution in [-0.4, -0.2) is 127 Å². The number of hydrogen-bond donors (Lipinski definition) is 8. The third-order valence-electron chi connectivity index (χ3n) is 4.18. The van der Waals surface area contributed by atoms with Gasteiger partial charge in [-0.15, -0.1) is 0 Å². The molecule has 162 valence electrons. The van der Waals surface area contributed by atoms with Crippen LogP contribution in [0.4, 0.5) is 0 Å². The van der Waals surface area contributed by atoms with Gasteiger partial charge in [0.1, 0.15) is 0 Å². The normalized spacial score (nSPS) is 12.9. The molecule has 0 aromatic heterocycles. The summed E-state index contributed by atoms with van der Waals surface area (Å²) in [7, 11) is -11.0. The molecule has 0 spiro atoms. The summed E-state index contributed by atoms with van der Waals surface area (Å²) in [5.41, 5.74) is -5.42. The molecule has 8 N–H and O–H groups in total. The van der Waals surface area contributed by atoms with Crippen LogP contribution in [0.25, 0.3) is 0 Å². The van der Waals surface area contributed by atoms with Crippen molar-refractivity contribution in [1.29, 1.82) is 0 Å². The van der Waals surface area contributed by atoms with Gasteiger partial charge in [0.15, 0.2) is 44.3 Å². The van der Waals surface area contributed by atoms with Gasteiger partial charge in [-0.3, -0.25) is 18.7 Å². The third-order valence-corrected chi connectivity index (χ3v) is 5.99. The second kappa shape index (κ2) is 8.64. The van der Waals surface area contributed by atoms with Gasteiger partial charge in [-0.1, -0.05) is 0 Å². The molecule has 0 atom stereocenters. The molecule has 0 fully saturated rings. The Hall–Kier alpha value is -1.60. The van der Waals surface area contributed by atoms with Gasteiger partial charge >= 0.3 is 20.2 Å². The first-order chi connectivity index (χ1) is 13.5. The van der Waals surface area contributed by atoms with Crippen molar-refractivity contribution in [3.05, 3.63) is 22.3 Å². The Bertz CT molecular complexity index is 1320. The van der Waals surface area contributed by atoms with Gasteiger partial charge in [0.05, 0.1) is 22.3 Å². The van der Waals surface area contributed by atoms with E-state index >= 15 is 0 Å². The summed E-state index contributed by atoms with van der Waals surface area (Å²) in [6.45, 7) is 0. The van der Waals surface area contributed by atoms with Crippen LogP contribution in [0, 0.1) is 0 Å². The Morgan fingerprint density at radius 3 is 0.875 bits per heavy atom. The summed E-state index contributed by atoms with van der Waals surface area (Å²) < 4.78 is 63.8. The molecule has 2 radical (unpaired) electrons. The molecule has 0 heterocycles. The summed E-state index contributed by atoms with van der Waals surface area (Å²) in [6, 6.07) is 0. The molecule has 0 bridgehead atoms. The fraction of sp³-hybridized carbons (Fsp3) is 0. The Labute approximate surface area is 221 Å². The van der Waals surface area contributed by atoms with Gasteiger partial charge in [0, 0.05) is 59.1 Å². The number of phenolic OH excluding ortho intramolecular Hbond substituents is 6. The van der Waals surface area contributed by atoms with E-state index in [2.05, 4.69) is 0 Å². The number of phenols is 6. The van der Waals surface area contributed by atoms with Gasteiger partial charge < -0.3 is 30.6 Å². The second-order valence-electron chi connectivity index (χ2n) is 5.86. The minimum absolute atomic E-state index is 0. The zero-order valence-corrected chi connectivity index (χ0v) is 21.5. The van der Waals surface area contributed by atoms with Gasteiger partial charge in [0.2, 0.25) is 11.6 Å². The molecule has 3 rings (SSSR count). The molecular weight excluding hydrogens is 502 g/mol. The SMILES string of the molecule is O=C1c2c(O)c(O)c(S(=O)(=O)O)c(O)c2C(=O)c2c(O)c(O)c(S(=O)(=O)O)c(O)c21.[Na].[Na]. The molecule has 0 amide bonds. The van der Waals surface area contributed by atoms with E-state index in [0.717, 1.165) is 0 Å². The zero-order chi connectivity index (χ0) is 23.1. The average molecular weight is 510 g/mol. The summed E-state index contributed by atoms with van der Waals surface area (Å²) in [4.78, 5) is 21.9. The van der Waals surface area contributed by atoms with Crippen molar-refractivity contribution in [2.45, 2.75) is 9.79 Å². The Kier molecular flexibility index (Phi) is 7.67. The third kappa shape index (κ3) is 3.85. The van der Waals surface area contributed by atoms with E-state index in [-0.39, 0.29) is 59.1 Å². The van der Waals surface area contributed by atoms with Crippen molar-refractivity contribution in [2.75, 3.05) is 0 Å². The van der Waals surface area contributed by atoms with Gasteiger partial charge in [0.25, 0.3) is 0 Å². The molecule has 2 aromatic rings. The number of hydrogen-bond acceptors (Lipinski definition) is 12. The first-order valence-electron chi connectivity index (χ1n) is 7.19. The van der Waals surface area contributed by atoms with Crippen LogP contribution in [-0.2, 0) is 20.2 Å². The Morgan fingerprint density at radius 1 is 0.438 bits per heavy atom. The topological polar surface area (TPSA) is 264 Å². The fourth-order valence-electron chi connectivity index (χ4n) is 3.00. The molecule has 14 nitrogen and oxygen atoms in total. The average Bonchev–Trinajstić information content (AvgIpc) is 2.56. The summed E-state index contributed by atoms with van der Waals surface area (Å²) in [6.07, 6.45) is 0. The summed E-state index contributed by atoms with van der Waals surface area (Å²) >= 11 is 0. The van der Waals surface area contributed by atoms with E-state index in [9.17, 15) is 57.1 Å². The van der Waals surface area contributed by atoms with Crippen LogP contribution in [0.1, 0.15) is 31.8 Å². The molecule has 0 aliphatic heterocycles.